The van der Waals surface area contributed by atoms with Crippen LogP contribution in [0.2, 0.25) is 0 Å². The van der Waals surface area contributed by atoms with Gasteiger partial charge >= 0.3 is 5.97 Å². The summed E-state index contributed by atoms with van der Waals surface area (Å²) in [5, 5.41) is 5.99. The average molecular weight is 564 g/mol. The zero-order valence-electron chi connectivity index (χ0n) is 24.4. The highest BCUT2D eigenvalue weighted by atomic mass is 16.5. The molecule has 1 aromatic heterocycles. The van der Waals surface area contributed by atoms with Crippen molar-refractivity contribution in [3.8, 4) is 0 Å². The first-order chi connectivity index (χ1) is 19.4. The van der Waals surface area contributed by atoms with Crippen LogP contribution in [0.25, 0.3) is 16.8 Å². The van der Waals surface area contributed by atoms with Gasteiger partial charge in [0.15, 0.2) is 6.10 Å². The SMILES string of the molecule is C=CC(C)c1ccc2cnc(C=CC(C)C(=O)OC(C(=O)NC(C)C(=O)N3CCCC(C(N)=O)N3)C(C)C)cc2c1. The topological polar surface area (TPSA) is 144 Å². The number of benzene rings is 1. The lowest BCUT2D eigenvalue weighted by Crippen LogP contribution is -2.60. The highest BCUT2D eigenvalue weighted by Crippen LogP contribution is 2.23. The summed E-state index contributed by atoms with van der Waals surface area (Å²) in [6.07, 6.45) is 7.17. The molecule has 4 N–H and O–H groups in total. The lowest BCUT2D eigenvalue weighted by atomic mass is 9.98. The molecule has 0 saturated carbocycles. The quantitative estimate of drug-likeness (QED) is 0.281. The van der Waals surface area contributed by atoms with Crippen molar-refractivity contribution in [2.24, 2.45) is 17.6 Å². The Bertz CT molecular complexity index is 1320. The lowest BCUT2D eigenvalue weighted by molar-refractivity contribution is -0.161. The van der Waals surface area contributed by atoms with Gasteiger partial charge in [0.25, 0.3) is 11.8 Å². The van der Waals surface area contributed by atoms with Crippen molar-refractivity contribution in [3.63, 3.8) is 0 Å². The van der Waals surface area contributed by atoms with Crippen LogP contribution < -0.4 is 16.5 Å². The molecule has 220 valence electrons. The summed E-state index contributed by atoms with van der Waals surface area (Å²) in [6.45, 7) is 13.1. The zero-order chi connectivity index (χ0) is 30.3. The van der Waals surface area contributed by atoms with E-state index in [4.69, 9.17) is 10.5 Å². The normalized spacial score (nSPS) is 18.5. The van der Waals surface area contributed by atoms with Gasteiger partial charge in [0, 0.05) is 18.1 Å². The average Bonchev–Trinajstić information content (AvgIpc) is 2.96. The Hall–Kier alpha value is -4.05. The fourth-order valence-electron chi connectivity index (χ4n) is 4.47. The number of hydrazine groups is 1. The lowest BCUT2D eigenvalue weighted by Gasteiger charge is -2.34. The number of rotatable bonds is 11. The van der Waals surface area contributed by atoms with Gasteiger partial charge in [-0.1, -0.05) is 51.1 Å². The van der Waals surface area contributed by atoms with Crippen LogP contribution in [0, 0.1) is 11.8 Å². The molecule has 1 aliphatic heterocycles. The number of fused-ring (bicyclic) bond motifs is 1. The summed E-state index contributed by atoms with van der Waals surface area (Å²) in [5.41, 5.74) is 10.0. The van der Waals surface area contributed by atoms with Crippen LogP contribution in [0.15, 0.2) is 49.2 Å². The fraction of sp³-hybridized carbons (Fsp3) is 0.452. The molecule has 3 amide bonds. The Kier molecular flexibility index (Phi) is 10.8. The van der Waals surface area contributed by atoms with Gasteiger partial charge in [0.05, 0.1) is 11.6 Å². The van der Waals surface area contributed by atoms with Crippen LogP contribution in [-0.2, 0) is 23.9 Å². The van der Waals surface area contributed by atoms with Gasteiger partial charge in [-0.25, -0.2) is 5.43 Å². The second-order valence-electron chi connectivity index (χ2n) is 10.9. The molecule has 1 aliphatic rings. The number of amides is 3. The van der Waals surface area contributed by atoms with Crippen LogP contribution in [0.1, 0.15) is 64.6 Å². The van der Waals surface area contributed by atoms with E-state index in [-0.39, 0.29) is 11.8 Å². The maximum Gasteiger partial charge on any atom is 0.313 e. The number of nitrogens with one attached hydrogen (secondary N) is 2. The number of carbonyl (C=O) groups excluding carboxylic acids is 4. The molecular weight excluding hydrogens is 522 g/mol. The Labute approximate surface area is 241 Å². The molecule has 10 nitrogen and oxygen atoms in total. The highest BCUT2D eigenvalue weighted by molar-refractivity contribution is 5.91. The summed E-state index contributed by atoms with van der Waals surface area (Å²) in [7, 11) is 0. The summed E-state index contributed by atoms with van der Waals surface area (Å²) >= 11 is 0. The molecule has 2 heterocycles. The van der Waals surface area contributed by atoms with Crippen LogP contribution in [0.3, 0.4) is 0 Å². The molecule has 3 rings (SSSR count). The zero-order valence-corrected chi connectivity index (χ0v) is 24.4. The van der Waals surface area contributed by atoms with Crippen LogP contribution >= 0.6 is 0 Å². The maximum atomic E-state index is 13.0. The van der Waals surface area contributed by atoms with E-state index in [1.165, 1.54) is 11.9 Å². The minimum atomic E-state index is -1.09. The van der Waals surface area contributed by atoms with Crippen molar-refractivity contribution in [3.05, 3.63) is 60.5 Å². The second-order valence-corrected chi connectivity index (χ2v) is 10.9. The number of ether oxygens (including phenoxy) is 1. The molecule has 0 aliphatic carbocycles. The molecule has 0 radical (unpaired) electrons. The molecule has 1 aromatic carbocycles. The molecule has 5 atom stereocenters. The molecule has 2 aromatic rings. The van der Waals surface area contributed by atoms with E-state index in [2.05, 4.69) is 41.4 Å². The van der Waals surface area contributed by atoms with E-state index in [0.29, 0.717) is 25.1 Å². The molecule has 0 spiro atoms. The van der Waals surface area contributed by atoms with Crippen molar-refractivity contribution in [1.82, 2.24) is 20.7 Å². The van der Waals surface area contributed by atoms with Crippen LogP contribution in [0.5, 0.6) is 0 Å². The first-order valence-electron chi connectivity index (χ1n) is 14.0. The third-order valence-corrected chi connectivity index (χ3v) is 7.21. The molecule has 1 saturated heterocycles. The van der Waals surface area contributed by atoms with Crippen molar-refractivity contribution in [2.75, 3.05) is 6.54 Å². The maximum absolute atomic E-state index is 13.0. The molecule has 41 heavy (non-hydrogen) atoms. The number of allylic oxidation sites excluding steroid dienone is 1. The van der Waals surface area contributed by atoms with Gasteiger partial charge in [-0.2, -0.15) is 0 Å². The third-order valence-electron chi connectivity index (χ3n) is 7.21. The van der Waals surface area contributed by atoms with Gasteiger partial charge in [0.2, 0.25) is 5.91 Å². The van der Waals surface area contributed by atoms with E-state index >= 15 is 0 Å². The van der Waals surface area contributed by atoms with Crippen molar-refractivity contribution in [2.45, 2.75) is 71.6 Å². The Morgan fingerprint density at radius 1 is 1.15 bits per heavy atom. The molecule has 1 fully saturated rings. The van der Waals surface area contributed by atoms with E-state index in [1.54, 1.807) is 39.1 Å². The fourth-order valence-corrected chi connectivity index (χ4v) is 4.47. The predicted octanol–water partition coefficient (Wildman–Crippen LogP) is 3.23. The Morgan fingerprint density at radius 2 is 1.88 bits per heavy atom. The largest absolute Gasteiger partial charge is 0.452 e. The van der Waals surface area contributed by atoms with E-state index in [0.717, 1.165) is 16.3 Å². The van der Waals surface area contributed by atoms with E-state index in [9.17, 15) is 19.2 Å². The van der Waals surface area contributed by atoms with Crippen molar-refractivity contribution < 1.29 is 23.9 Å². The number of primary amides is 1. The van der Waals surface area contributed by atoms with Crippen molar-refractivity contribution in [1.29, 1.82) is 0 Å². The minimum absolute atomic E-state index is 0.226. The summed E-state index contributed by atoms with van der Waals surface area (Å²) in [4.78, 5) is 54.8. The molecule has 5 unspecified atom stereocenters. The Balaban J connectivity index is 1.62. The number of carbonyl (C=O) groups is 4. The second kappa shape index (κ2) is 14.0. The minimum Gasteiger partial charge on any atom is -0.452 e. The van der Waals surface area contributed by atoms with Gasteiger partial charge in [-0.15, -0.1) is 6.58 Å². The number of pyridine rings is 1. The van der Waals surface area contributed by atoms with Gasteiger partial charge < -0.3 is 15.8 Å². The predicted molar refractivity (Wildman–Crippen MR) is 158 cm³/mol. The number of nitrogens with zero attached hydrogens (tertiary/aromatic N) is 2. The van der Waals surface area contributed by atoms with Crippen LogP contribution in [-0.4, -0.2) is 58.4 Å². The standard InChI is InChI=1S/C31H41N5O5/c1-7-19(4)22-11-12-23-17-33-25(16-24(23)15-22)13-10-20(5)31(40)41-27(18(2)3)29(38)34-21(6)30(39)36-14-8-9-26(35-36)28(32)37/h7,10-13,15-21,26-27,35H,1,8-9,14H2,2-6H3,(H2,32,37)(H,34,38). The molecular formula is C31H41N5O5. The number of esters is 1. The van der Waals surface area contributed by atoms with Gasteiger partial charge in [0.1, 0.15) is 12.1 Å². The first-order valence-corrected chi connectivity index (χ1v) is 14.0. The van der Waals surface area contributed by atoms with Gasteiger partial charge in [-0.3, -0.25) is 29.2 Å². The van der Waals surface area contributed by atoms with Crippen LogP contribution in [0.4, 0.5) is 0 Å². The summed E-state index contributed by atoms with van der Waals surface area (Å²) in [5.74, 6) is -2.85. The number of hydrogen-bond donors (Lipinski definition) is 3. The number of hydrogen-bond acceptors (Lipinski definition) is 7. The van der Waals surface area contributed by atoms with E-state index < -0.39 is 47.8 Å². The molecule has 10 heteroatoms. The summed E-state index contributed by atoms with van der Waals surface area (Å²) in [6, 6.07) is 6.59. The van der Waals surface area contributed by atoms with Crippen molar-refractivity contribution >= 4 is 40.5 Å². The first kappa shape index (κ1) is 31.5. The van der Waals surface area contributed by atoms with E-state index in [1.807, 2.05) is 18.2 Å². The molecule has 0 bridgehead atoms. The number of nitrogens with two attached hydrogens (primary N) is 1. The number of aromatic nitrogens is 1. The Morgan fingerprint density at radius 3 is 2.54 bits per heavy atom. The monoisotopic (exact) mass is 563 g/mol. The highest BCUT2D eigenvalue weighted by Gasteiger charge is 2.33. The third kappa shape index (κ3) is 8.23. The van der Waals surface area contributed by atoms with Gasteiger partial charge in [-0.05, 0) is 61.6 Å². The smallest absolute Gasteiger partial charge is 0.313 e. The summed E-state index contributed by atoms with van der Waals surface area (Å²) < 4.78 is 5.59.